The molecule has 2 heterocycles. The predicted molar refractivity (Wildman–Crippen MR) is 140 cm³/mol. The Balaban J connectivity index is 1.30. The van der Waals surface area contributed by atoms with Crippen LogP contribution in [0.3, 0.4) is 0 Å². The molecule has 0 unspecified atom stereocenters. The maximum absolute atomic E-state index is 11.1. The summed E-state index contributed by atoms with van der Waals surface area (Å²) >= 11 is 0. The van der Waals surface area contributed by atoms with Crippen LogP contribution in [0.4, 0.5) is 0 Å². The van der Waals surface area contributed by atoms with Crippen LogP contribution >= 0.6 is 0 Å². The molecule has 4 aromatic rings. The molecule has 1 aliphatic carbocycles. The van der Waals surface area contributed by atoms with Gasteiger partial charge in [-0.1, -0.05) is 55.5 Å². The minimum atomic E-state index is -0.683. The fourth-order valence-electron chi connectivity index (χ4n) is 5.36. The zero-order valence-electron chi connectivity index (χ0n) is 21.2. The van der Waals surface area contributed by atoms with Crippen LogP contribution < -0.4 is 0 Å². The van der Waals surface area contributed by atoms with E-state index < -0.39 is 5.97 Å². The summed E-state index contributed by atoms with van der Waals surface area (Å²) in [5, 5.41) is 28.3. The topological polar surface area (TPSA) is 122 Å². The molecule has 0 bridgehead atoms. The first-order valence-electron chi connectivity index (χ1n) is 13.2. The lowest BCUT2D eigenvalue weighted by molar-refractivity contribution is -0.138. The Morgan fingerprint density at radius 3 is 2.43 bits per heavy atom. The van der Waals surface area contributed by atoms with Crippen LogP contribution in [0.25, 0.3) is 22.5 Å². The number of aliphatic carboxylic acids is 1. The standard InChI is InChI=1S/C28H33N7O2/c1-2-5-25-29-26(16-19-8-10-20(11-9-19)17-27(36)37)35(32-25)18-21-12-14-22(15-13-21)23-6-3-4-7-24(23)28-30-33-34-31-28/h3-4,6-7,12-15,19-20H,2,5,8-11,16-18H2,1H3,(H,36,37)(H,30,31,33,34). The molecular formula is C28H33N7O2. The summed E-state index contributed by atoms with van der Waals surface area (Å²) in [7, 11) is 0. The average Bonchev–Trinajstić information content (AvgIpc) is 3.56. The first-order chi connectivity index (χ1) is 18.1. The van der Waals surface area contributed by atoms with Crippen LogP contribution in [0, 0.1) is 11.8 Å². The lowest BCUT2D eigenvalue weighted by Gasteiger charge is -2.27. The summed E-state index contributed by atoms with van der Waals surface area (Å²) in [6.07, 6.45) is 7.16. The summed E-state index contributed by atoms with van der Waals surface area (Å²) in [6, 6.07) is 16.6. The Hall–Kier alpha value is -3.88. The molecule has 0 amide bonds. The van der Waals surface area contributed by atoms with E-state index in [1.54, 1.807) is 0 Å². The van der Waals surface area contributed by atoms with E-state index >= 15 is 0 Å². The molecule has 1 saturated carbocycles. The van der Waals surface area contributed by atoms with E-state index in [2.05, 4.69) is 62.6 Å². The number of carbonyl (C=O) groups is 1. The van der Waals surface area contributed by atoms with Gasteiger partial charge in [-0.3, -0.25) is 4.79 Å². The maximum Gasteiger partial charge on any atom is 0.303 e. The average molecular weight is 500 g/mol. The van der Waals surface area contributed by atoms with Crippen LogP contribution in [-0.2, 0) is 24.2 Å². The number of aromatic nitrogens is 7. The SMILES string of the molecule is CCCc1nc(CC2CCC(CC(=O)O)CC2)n(Cc2ccc(-c3ccccc3-c3nnn[nH]3)cc2)n1. The quantitative estimate of drug-likeness (QED) is 0.316. The summed E-state index contributed by atoms with van der Waals surface area (Å²) in [5.74, 6) is 2.75. The first kappa shape index (κ1) is 24.8. The number of nitrogens with one attached hydrogen (secondary N) is 1. The molecule has 0 radical (unpaired) electrons. The Morgan fingerprint density at radius 1 is 1.03 bits per heavy atom. The summed E-state index contributed by atoms with van der Waals surface area (Å²) in [6.45, 7) is 2.82. The van der Waals surface area contributed by atoms with Crippen molar-refractivity contribution in [2.75, 3.05) is 0 Å². The number of rotatable bonds is 10. The van der Waals surface area contributed by atoms with E-state index in [1.807, 2.05) is 18.2 Å². The number of tetrazole rings is 1. The molecular weight excluding hydrogens is 466 g/mol. The lowest BCUT2D eigenvalue weighted by Crippen LogP contribution is -2.20. The Bertz CT molecular complexity index is 1310. The molecule has 192 valence electrons. The van der Waals surface area contributed by atoms with Gasteiger partial charge in [0.2, 0.25) is 0 Å². The van der Waals surface area contributed by atoms with Gasteiger partial charge in [0.05, 0.1) is 6.54 Å². The van der Waals surface area contributed by atoms with Crippen molar-refractivity contribution in [1.29, 1.82) is 0 Å². The third-order valence-electron chi connectivity index (χ3n) is 7.29. The van der Waals surface area contributed by atoms with E-state index in [9.17, 15) is 4.79 Å². The Morgan fingerprint density at radius 2 is 1.76 bits per heavy atom. The lowest BCUT2D eigenvalue weighted by atomic mass is 9.79. The number of benzene rings is 2. The summed E-state index contributed by atoms with van der Waals surface area (Å²) < 4.78 is 2.07. The molecule has 1 aliphatic rings. The highest BCUT2D eigenvalue weighted by Gasteiger charge is 2.25. The monoisotopic (exact) mass is 499 g/mol. The Kier molecular flexibility index (Phi) is 7.67. The van der Waals surface area contributed by atoms with Crippen LogP contribution in [0.5, 0.6) is 0 Å². The number of carboxylic acids is 1. The fraction of sp³-hybridized carbons (Fsp3) is 0.429. The van der Waals surface area contributed by atoms with Crippen molar-refractivity contribution < 1.29 is 9.90 Å². The highest BCUT2D eigenvalue weighted by Crippen LogP contribution is 2.33. The smallest absolute Gasteiger partial charge is 0.303 e. The van der Waals surface area contributed by atoms with Gasteiger partial charge in [0.1, 0.15) is 5.82 Å². The summed E-state index contributed by atoms with van der Waals surface area (Å²) in [5.41, 5.74) is 4.29. The van der Waals surface area contributed by atoms with Crippen molar-refractivity contribution >= 4 is 5.97 Å². The molecule has 0 saturated heterocycles. The zero-order valence-corrected chi connectivity index (χ0v) is 21.2. The second-order valence-corrected chi connectivity index (χ2v) is 10.0. The molecule has 37 heavy (non-hydrogen) atoms. The highest BCUT2D eigenvalue weighted by atomic mass is 16.4. The molecule has 5 rings (SSSR count). The van der Waals surface area contributed by atoms with Gasteiger partial charge in [0.25, 0.3) is 0 Å². The van der Waals surface area contributed by atoms with E-state index in [0.717, 1.165) is 73.3 Å². The van der Waals surface area contributed by atoms with Crippen LogP contribution in [0.1, 0.15) is 62.7 Å². The van der Waals surface area contributed by atoms with Gasteiger partial charge in [0.15, 0.2) is 11.6 Å². The molecule has 2 aromatic heterocycles. The number of H-pyrrole nitrogens is 1. The normalized spacial score (nSPS) is 17.6. The number of nitrogens with zero attached hydrogens (tertiary/aromatic N) is 6. The maximum atomic E-state index is 11.1. The van der Waals surface area contributed by atoms with E-state index in [1.165, 1.54) is 5.56 Å². The van der Waals surface area contributed by atoms with Gasteiger partial charge >= 0.3 is 5.97 Å². The van der Waals surface area contributed by atoms with Gasteiger partial charge < -0.3 is 5.11 Å². The molecule has 2 N–H and O–H groups in total. The van der Waals surface area contributed by atoms with E-state index in [-0.39, 0.29) is 0 Å². The van der Waals surface area contributed by atoms with E-state index in [4.69, 9.17) is 15.2 Å². The van der Waals surface area contributed by atoms with Crippen LogP contribution in [-0.4, -0.2) is 46.5 Å². The van der Waals surface area contributed by atoms with Gasteiger partial charge in [0, 0.05) is 24.8 Å². The van der Waals surface area contributed by atoms with Gasteiger partial charge in [-0.2, -0.15) is 5.10 Å². The number of aromatic amines is 1. The molecule has 2 aromatic carbocycles. The van der Waals surface area contributed by atoms with Crippen LogP contribution in [0.2, 0.25) is 0 Å². The van der Waals surface area contributed by atoms with E-state index in [0.29, 0.717) is 30.6 Å². The number of aryl methyl sites for hydroxylation is 1. The Labute approximate surface area is 216 Å². The van der Waals surface area contributed by atoms with Crippen molar-refractivity contribution in [1.82, 2.24) is 35.4 Å². The predicted octanol–water partition coefficient (Wildman–Crippen LogP) is 4.95. The number of hydrogen-bond donors (Lipinski definition) is 2. The molecule has 0 spiro atoms. The van der Waals surface area contributed by atoms with Gasteiger partial charge in [-0.15, -0.1) is 5.10 Å². The minimum Gasteiger partial charge on any atom is -0.481 e. The molecule has 0 atom stereocenters. The summed E-state index contributed by atoms with van der Waals surface area (Å²) in [4.78, 5) is 16.0. The number of hydrogen-bond acceptors (Lipinski definition) is 6. The minimum absolute atomic E-state index is 0.291. The van der Waals surface area contributed by atoms with Crippen LogP contribution in [0.15, 0.2) is 48.5 Å². The molecule has 1 fully saturated rings. The molecule has 9 heteroatoms. The van der Waals surface area contributed by atoms with Gasteiger partial charge in [-0.25, -0.2) is 14.8 Å². The van der Waals surface area contributed by atoms with Crippen molar-refractivity contribution in [2.24, 2.45) is 11.8 Å². The largest absolute Gasteiger partial charge is 0.481 e. The van der Waals surface area contributed by atoms with Gasteiger partial charge in [-0.05, 0) is 71.1 Å². The highest BCUT2D eigenvalue weighted by molar-refractivity contribution is 5.80. The third-order valence-corrected chi connectivity index (χ3v) is 7.29. The number of carboxylic acid groups (broad SMARTS) is 1. The first-order valence-corrected chi connectivity index (χ1v) is 13.2. The van der Waals surface area contributed by atoms with Crippen molar-refractivity contribution in [3.05, 3.63) is 65.7 Å². The third kappa shape index (κ3) is 6.10. The van der Waals surface area contributed by atoms with Crippen molar-refractivity contribution in [2.45, 2.75) is 64.8 Å². The van der Waals surface area contributed by atoms with Crippen molar-refractivity contribution in [3.63, 3.8) is 0 Å². The molecule has 9 nitrogen and oxygen atoms in total. The van der Waals surface area contributed by atoms with Crippen molar-refractivity contribution in [3.8, 4) is 22.5 Å². The molecule has 0 aliphatic heterocycles. The second kappa shape index (κ2) is 11.5. The fourth-order valence-corrected chi connectivity index (χ4v) is 5.36. The zero-order chi connectivity index (χ0) is 25.6. The second-order valence-electron chi connectivity index (χ2n) is 10.0.